The molecule has 0 heterocycles. The summed E-state index contributed by atoms with van der Waals surface area (Å²) in [7, 11) is 0. The molecule has 0 radical (unpaired) electrons. The van der Waals surface area contributed by atoms with Crippen LogP contribution < -0.4 is 0 Å². The Morgan fingerprint density at radius 2 is 1.80 bits per heavy atom. The third-order valence-corrected chi connectivity index (χ3v) is 7.97. The predicted molar refractivity (Wildman–Crippen MR) is 38.0 cm³/mol. The molecule has 0 aliphatic rings. The van der Waals surface area contributed by atoms with E-state index >= 15 is 0 Å². The topological polar surface area (TPSA) is 37.3 Å². The maximum absolute atomic E-state index is 10.5. The van der Waals surface area contributed by atoms with Crippen LogP contribution in [0.15, 0.2) is 25.3 Å². The molecule has 0 saturated carbocycles. The van der Waals surface area contributed by atoms with Gasteiger partial charge in [-0.25, -0.2) is 0 Å². The summed E-state index contributed by atoms with van der Waals surface area (Å²) in [6.45, 7) is 7.04. The summed E-state index contributed by atoms with van der Waals surface area (Å²) in [5.41, 5.74) is 0. The average molecular weight is 193 g/mol. The van der Waals surface area contributed by atoms with E-state index in [9.17, 15) is 4.79 Å². The second-order valence-electron chi connectivity index (χ2n) is 2.40. The molecular weight excluding hydrogens is 181 g/mol. The van der Waals surface area contributed by atoms with E-state index in [-0.39, 0.29) is 0 Å². The Morgan fingerprint density at radius 1 is 1.40 bits per heavy atom. The molecule has 0 spiro atoms. The summed E-state index contributed by atoms with van der Waals surface area (Å²) in [6, 6.07) is 0. The summed E-state index contributed by atoms with van der Waals surface area (Å²) in [5, 5.41) is 10.1. The molecule has 0 aliphatic carbocycles. The summed E-state index contributed by atoms with van der Waals surface area (Å²) in [5.74, 6) is 0. The monoisotopic (exact) mass is 191 g/mol. The van der Waals surface area contributed by atoms with Gasteiger partial charge in [-0.15, -0.1) is 0 Å². The zero-order valence-electron chi connectivity index (χ0n) is 6.05. The molecule has 1 N–H and O–H groups in total. The van der Waals surface area contributed by atoms with Crippen LogP contribution in [0.4, 0.5) is 4.79 Å². The number of hydrogen-bond acceptors (Lipinski definition) is 1. The Labute approximate surface area is 66.1 Å². The van der Waals surface area contributed by atoms with Gasteiger partial charge in [-0.1, -0.05) is 0 Å². The van der Waals surface area contributed by atoms with Gasteiger partial charge in [0.1, 0.15) is 0 Å². The van der Waals surface area contributed by atoms with Crippen LogP contribution in [0.2, 0.25) is 10.0 Å². The van der Waals surface area contributed by atoms with E-state index < -0.39 is 20.5 Å². The molecule has 0 fully saturated rings. The van der Waals surface area contributed by atoms with Crippen molar-refractivity contribution in [3.63, 3.8) is 0 Å². The normalized spacial score (nSPS) is 8.40. The third-order valence-electron chi connectivity index (χ3n) is 1.53. The van der Waals surface area contributed by atoms with Gasteiger partial charge in [0.05, 0.1) is 0 Å². The molecule has 0 aromatic heterocycles. The van der Waals surface area contributed by atoms with Crippen LogP contribution in [0.25, 0.3) is 0 Å². The molecule has 0 rings (SSSR count). The molecule has 10 heavy (non-hydrogen) atoms. The van der Waals surface area contributed by atoms with Crippen LogP contribution in [0.1, 0.15) is 0 Å². The van der Waals surface area contributed by atoms with Crippen molar-refractivity contribution >= 4 is 4.56 Å². The molecule has 0 bridgehead atoms. The first-order valence-electron chi connectivity index (χ1n) is 3.41. The number of carbonyl (C=O) groups is 1. The van der Waals surface area contributed by atoms with Crippen LogP contribution in [-0.2, 0) is 16.0 Å². The number of hydrogen-bond donors (Lipinski definition) is 1. The molecule has 2 nitrogen and oxygen atoms in total. The van der Waals surface area contributed by atoms with Gasteiger partial charge >= 0.3 is 65.8 Å². The molecule has 0 atom stereocenters. The van der Waals surface area contributed by atoms with Crippen LogP contribution in [0.3, 0.4) is 0 Å². The zero-order valence-corrected chi connectivity index (χ0v) is 9.01. The van der Waals surface area contributed by atoms with Crippen molar-refractivity contribution in [1.82, 2.24) is 0 Å². The fourth-order valence-corrected chi connectivity index (χ4v) is 4.46. The summed E-state index contributed by atoms with van der Waals surface area (Å²) < 4.78 is -0.570. The fraction of sp³-hybridized carbons (Fsp3) is 0.286. The SMILES string of the molecule is C=C[CH2][Zn]([CH2]C=C)[C](=O)O. The fourth-order valence-electron chi connectivity index (χ4n) is 0.858. The second-order valence-corrected chi connectivity index (χ2v) is 9.68. The average Bonchev–Trinajstić information content (AvgIpc) is 1.87. The molecular formula is C7H11O2Zn. The first-order chi connectivity index (χ1) is 4.72. The van der Waals surface area contributed by atoms with Crippen LogP contribution in [0.5, 0.6) is 0 Å². The zero-order chi connectivity index (χ0) is 7.98. The summed E-state index contributed by atoms with van der Waals surface area (Å²) >= 11 is -2.27. The predicted octanol–water partition coefficient (Wildman–Crippen LogP) is 2.49. The molecule has 0 aliphatic heterocycles. The molecule has 53 valence electrons. The van der Waals surface area contributed by atoms with Gasteiger partial charge in [0, 0.05) is 0 Å². The van der Waals surface area contributed by atoms with Gasteiger partial charge in [0.25, 0.3) is 0 Å². The van der Waals surface area contributed by atoms with Gasteiger partial charge in [-0.3, -0.25) is 0 Å². The molecule has 0 aromatic carbocycles. The van der Waals surface area contributed by atoms with E-state index in [1.807, 2.05) is 0 Å². The molecule has 0 unspecified atom stereocenters. The molecule has 0 saturated heterocycles. The minimum atomic E-state index is -2.27. The number of rotatable bonds is 5. The Morgan fingerprint density at radius 3 is 2.00 bits per heavy atom. The van der Waals surface area contributed by atoms with E-state index in [1.54, 1.807) is 12.2 Å². The van der Waals surface area contributed by atoms with Crippen molar-refractivity contribution in [3.8, 4) is 0 Å². The van der Waals surface area contributed by atoms with E-state index in [2.05, 4.69) is 13.2 Å². The molecule has 0 amide bonds. The van der Waals surface area contributed by atoms with Gasteiger partial charge in [0.2, 0.25) is 0 Å². The summed E-state index contributed by atoms with van der Waals surface area (Å²) in [4.78, 5) is 10.5. The van der Waals surface area contributed by atoms with Crippen molar-refractivity contribution in [3.05, 3.63) is 25.3 Å². The van der Waals surface area contributed by atoms with Gasteiger partial charge < -0.3 is 0 Å². The Bertz CT molecular complexity index is 133. The van der Waals surface area contributed by atoms with Crippen molar-refractivity contribution in [1.29, 1.82) is 0 Å². The van der Waals surface area contributed by atoms with E-state index in [4.69, 9.17) is 5.11 Å². The van der Waals surface area contributed by atoms with Gasteiger partial charge in [-0.2, -0.15) is 0 Å². The Balaban J connectivity index is 3.83. The second kappa shape index (κ2) is 5.37. The van der Waals surface area contributed by atoms with Crippen LogP contribution in [-0.4, -0.2) is 9.67 Å². The third kappa shape index (κ3) is 3.57. The first kappa shape index (κ1) is 9.57. The Hall–Kier alpha value is -0.427. The minimum absolute atomic E-state index is 0.570. The number of allylic oxidation sites excluding steroid dienone is 2. The molecule has 0 aromatic rings. The van der Waals surface area contributed by atoms with Crippen molar-refractivity contribution in [2.75, 3.05) is 0 Å². The van der Waals surface area contributed by atoms with Crippen LogP contribution >= 0.6 is 0 Å². The van der Waals surface area contributed by atoms with Crippen molar-refractivity contribution < 1.29 is 25.9 Å². The molecule has 3 heteroatoms. The maximum atomic E-state index is 10.5. The van der Waals surface area contributed by atoms with E-state index in [0.717, 1.165) is 10.0 Å². The van der Waals surface area contributed by atoms with Crippen molar-refractivity contribution in [2.24, 2.45) is 0 Å². The first-order valence-corrected chi connectivity index (χ1v) is 9.09. The standard InChI is InChI=1S/2C3H5.CHO2.Zn/c2*1-3-2;2-1-3;/h2*3H,1-2H2;(H,2,3);. The van der Waals surface area contributed by atoms with Gasteiger partial charge in [0.15, 0.2) is 0 Å². The quantitative estimate of drug-likeness (QED) is 0.537. The summed E-state index contributed by atoms with van der Waals surface area (Å²) in [6.07, 6.45) is 3.41. The van der Waals surface area contributed by atoms with Crippen molar-refractivity contribution in [2.45, 2.75) is 10.0 Å². The van der Waals surface area contributed by atoms with Gasteiger partial charge in [-0.05, 0) is 0 Å². The van der Waals surface area contributed by atoms with E-state index in [1.165, 1.54) is 0 Å². The number of carboxylic acid groups (broad SMARTS) is 1. The van der Waals surface area contributed by atoms with Crippen LogP contribution in [0, 0.1) is 0 Å². The van der Waals surface area contributed by atoms with E-state index in [0.29, 0.717) is 0 Å². The Kier molecular flexibility index (Phi) is 5.14.